The van der Waals surface area contributed by atoms with E-state index in [9.17, 15) is 14.4 Å². The number of hydrogen-bond donors (Lipinski definition) is 0. The van der Waals surface area contributed by atoms with E-state index in [1.807, 2.05) is 30.3 Å². The quantitative estimate of drug-likeness (QED) is 0.815. The van der Waals surface area contributed by atoms with Gasteiger partial charge >= 0.3 is 6.09 Å². The topological polar surface area (TPSA) is 66.9 Å². The van der Waals surface area contributed by atoms with E-state index in [1.54, 1.807) is 32.6 Å². The van der Waals surface area contributed by atoms with Crippen LogP contribution in [0.5, 0.6) is 0 Å². The first-order chi connectivity index (χ1) is 12.2. The van der Waals surface area contributed by atoms with Crippen molar-refractivity contribution in [2.24, 2.45) is 11.3 Å². The lowest BCUT2D eigenvalue weighted by Gasteiger charge is -2.29. The van der Waals surface area contributed by atoms with Gasteiger partial charge in [0.2, 0.25) is 11.8 Å². The van der Waals surface area contributed by atoms with Crippen molar-refractivity contribution in [1.29, 1.82) is 0 Å². The normalized spacial score (nSPS) is 25.4. The fourth-order valence-electron chi connectivity index (χ4n) is 3.84. The van der Waals surface area contributed by atoms with Gasteiger partial charge in [0.05, 0.1) is 18.0 Å². The number of ether oxygens (including phenoxy) is 1. The Morgan fingerprint density at radius 1 is 1.19 bits per heavy atom. The highest BCUT2D eigenvalue weighted by Gasteiger charge is 2.56. The van der Waals surface area contributed by atoms with E-state index >= 15 is 0 Å². The minimum atomic E-state index is -0.633. The van der Waals surface area contributed by atoms with Gasteiger partial charge in [-0.1, -0.05) is 58.0 Å². The maximum absolute atomic E-state index is 12.7. The molecular formula is C20H26N2O4. The Hall–Kier alpha value is -2.37. The molecule has 0 bridgehead atoms. The second-order valence-corrected chi connectivity index (χ2v) is 8.13. The molecule has 1 aromatic rings. The van der Waals surface area contributed by atoms with E-state index in [2.05, 4.69) is 0 Å². The first kappa shape index (κ1) is 18.4. The van der Waals surface area contributed by atoms with Gasteiger partial charge in [0, 0.05) is 12.0 Å². The van der Waals surface area contributed by atoms with Crippen LogP contribution in [0, 0.1) is 11.3 Å². The van der Waals surface area contributed by atoms with Gasteiger partial charge in [-0.2, -0.15) is 0 Å². The maximum atomic E-state index is 12.7. The Morgan fingerprint density at radius 2 is 1.85 bits per heavy atom. The summed E-state index contributed by atoms with van der Waals surface area (Å²) in [5.74, 6) is -0.778. The molecule has 3 rings (SSSR count). The van der Waals surface area contributed by atoms with Crippen LogP contribution in [0.3, 0.4) is 0 Å². The highest BCUT2D eigenvalue weighted by atomic mass is 16.6. The van der Waals surface area contributed by atoms with Gasteiger partial charge in [-0.05, 0) is 12.0 Å². The average molecular weight is 358 g/mol. The number of hydrogen-bond acceptors (Lipinski definition) is 4. The van der Waals surface area contributed by atoms with Gasteiger partial charge in [-0.25, -0.2) is 4.79 Å². The van der Waals surface area contributed by atoms with E-state index in [-0.39, 0.29) is 30.5 Å². The lowest BCUT2D eigenvalue weighted by Crippen LogP contribution is -2.46. The number of carbonyl (C=O) groups is 3. The Bertz CT molecular complexity index is 710. The van der Waals surface area contributed by atoms with Crippen LogP contribution in [0.2, 0.25) is 0 Å². The van der Waals surface area contributed by atoms with Crippen molar-refractivity contribution in [1.82, 2.24) is 9.80 Å². The predicted molar refractivity (Wildman–Crippen MR) is 96.0 cm³/mol. The third-order valence-corrected chi connectivity index (χ3v) is 5.19. The largest absolute Gasteiger partial charge is 0.445 e. The minimum absolute atomic E-state index is 0.179. The van der Waals surface area contributed by atoms with Crippen molar-refractivity contribution >= 4 is 17.9 Å². The summed E-state index contributed by atoms with van der Waals surface area (Å²) in [6, 6.07) is 8.91. The molecule has 0 N–H and O–H groups in total. The Morgan fingerprint density at radius 3 is 2.46 bits per heavy atom. The zero-order chi connectivity index (χ0) is 19.1. The summed E-state index contributed by atoms with van der Waals surface area (Å²) in [6.07, 6.45) is 0.175. The van der Waals surface area contributed by atoms with E-state index in [1.165, 1.54) is 4.90 Å². The van der Waals surface area contributed by atoms with Crippen LogP contribution in [0.15, 0.2) is 30.3 Å². The second kappa shape index (κ2) is 6.74. The number of benzene rings is 1. The summed E-state index contributed by atoms with van der Waals surface area (Å²) >= 11 is 0. The van der Waals surface area contributed by atoms with Crippen LogP contribution in [0.25, 0.3) is 0 Å². The minimum Gasteiger partial charge on any atom is -0.445 e. The van der Waals surface area contributed by atoms with Crippen molar-refractivity contribution in [3.8, 4) is 0 Å². The fraction of sp³-hybridized carbons (Fsp3) is 0.550. The first-order valence-electron chi connectivity index (χ1n) is 9.06. The SMILES string of the molecule is C[C@@H]1C(=O)N(C(=O)C(C)(C)C)[C@H]2CCN(C(=O)OCc3ccccc3)C12. The highest BCUT2D eigenvalue weighted by molar-refractivity contribution is 6.01. The molecule has 0 spiro atoms. The van der Waals surface area contributed by atoms with Crippen LogP contribution in [0.1, 0.15) is 39.7 Å². The zero-order valence-corrected chi connectivity index (χ0v) is 15.8. The first-order valence-corrected chi connectivity index (χ1v) is 9.06. The number of imide groups is 1. The second-order valence-electron chi connectivity index (χ2n) is 8.13. The van der Waals surface area contributed by atoms with Crippen LogP contribution < -0.4 is 0 Å². The summed E-state index contributed by atoms with van der Waals surface area (Å²) in [7, 11) is 0. The van der Waals surface area contributed by atoms with E-state index < -0.39 is 17.4 Å². The summed E-state index contributed by atoms with van der Waals surface area (Å²) in [4.78, 5) is 41.0. The summed E-state index contributed by atoms with van der Waals surface area (Å²) in [5.41, 5.74) is 0.280. The van der Waals surface area contributed by atoms with Gasteiger partial charge in [-0.15, -0.1) is 0 Å². The molecule has 2 aliphatic rings. The molecule has 2 aliphatic heterocycles. The van der Waals surface area contributed by atoms with Crippen LogP contribution in [0.4, 0.5) is 4.79 Å². The van der Waals surface area contributed by atoms with E-state index in [4.69, 9.17) is 4.74 Å². The van der Waals surface area contributed by atoms with Gasteiger partial charge in [-0.3, -0.25) is 14.5 Å². The smallest absolute Gasteiger partial charge is 0.410 e. The molecule has 2 fully saturated rings. The maximum Gasteiger partial charge on any atom is 0.410 e. The van der Waals surface area contributed by atoms with Crippen molar-refractivity contribution in [2.45, 2.75) is 52.8 Å². The van der Waals surface area contributed by atoms with Gasteiger partial charge in [0.15, 0.2) is 0 Å². The molecule has 2 heterocycles. The zero-order valence-electron chi connectivity index (χ0n) is 15.8. The molecular weight excluding hydrogens is 332 g/mol. The Labute approximate surface area is 154 Å². The number of nitrogens with zero attached hydrogens (tertiary/aromatic N) is 2. The van der Waals surface area contributed by atoms with E-state index in [0.29, 0.717) is 13.0 Å². The van der Waals surface area contributed by atoms with Crippen molar-refractivity contribution < 1.29 is 19.1 Å². The predicted octanol–water partition coefficient (Wildman–Crippen LogP) is 2.82. The highest BCUT2D eigenvalue weighted by Crippen LogP contribution is 2.38. The Balaban J connectivity index is 1.72. The molecule has 26 heavy (non-hydrogen) atoms. The van der Waals surface area contributed by atoms with Gasteiger partial charge in [0.1, 0.15) is 6.61 Å². The molecule has 0 aromatic heterocycles. The van der Waals surface area contributed by atoms with E-state index in [0.717, 1.165) is 5.56 Å². The number of likely N-dealkylation sites (tertiary alicyclic amines) is 2. The third-order valence-electron chi connectivity index (χ3n) is 5.19. The lowest BCUT2D eigenvalue weighted by atomic mass is 9.94. The summed E-state index contributed by atoms with van der Waals surface area (Å²) in [6.45, 7) is 7.90. The molecule has 140 valence electrons. The lowest BCUT2D eigenvalue weighted by molar-refractivity contribution is -0.150. The monoisotopic (exact) mass is 358 g/mol. The Kier molecular flexibility index (Phi) is 4.78. The molecule has 3 atom stereocenters. The molecule has 2 saturated heterocycles. The summed E-state index contributed by atoms with van der Waals surface area (Å²) < 4.78 is 5.44. The van der Waals surface area contributed by atoms with Crippen LogP contribution in [-0.4, -0.2) is 46.3 Å². The van der Waals surface area contributed by atoms with Gasteiger partial charge < -0.3 is 9.64 Å². The molecule has 0 saturated carbocycles. The average Bonchev–Trinajstić information content (AvgIpc) is 3.12. The molecule has 6 heteroatoms. The van der Waals surface area contributed by atoms with Gasteiger partial charge in [0.25, 0.3) is 0 Å². The number of amides is 3. The fourth-order valence-corrected chi connectivity index (χ4v) is 3.84. The number of fused-ring (bicyclic) bond motifs is 1. The van der Waals surface area contributed by atoms with Crippen molar-refractivity contribution in [2.75, 3.05) is 6.54 Å². The molecule has 3 amide bonds. The summed E-state index contributed by atoms with van der Waals surface area (Å²) in [5, 5.41) is 0. The standard InChI is InChI=1S/C20H26N2O4/c1-13-16-15(22(17(13)23)18(24)20(2,3)4)10-11-21(16)19(25)26-12-14-8-6-5-7-9-14/h5-9,13,15-16H,10-12H2,1-4H3/t13-,15-,16?/m0/s1. The third kappa shape index (κ3) is 3.20. The van der Waals surface area contributed by atoms with Crippen molar-refractivity contribution in [3.05, 3.63) is 35.9 Å². The molecule has 6 nitrogen and oxygen atoms in total. The number of carbonyl (C=O) groups excluding carboxylic acids is 3. The molecule has 0 aliphatic carbocycles. The molecule has 1 aromatic carbocycles. The van der Waals surface area contributed by atoms with Crippen molar-refractivity contribution in [3.63, 3.8) is 0 Å². The molecule has 1 unspecified atom stereocenters. The van der Waals surface area contributed by atoms with Crippen LogP contribution in [-0.2, 0) is 20.9 Å². The molecule has 0 radical (unpaired) electrons. The number of rotatable bonds is 2. The van der Waals surface area contributed by atoms with Crippen LogP contribution >= 0.6 is 0 Å².